The van der Waals surface area contributed by atoms with Gasteiger partial charge in [0.25, 0.3) is 0 Å². The Morgan fingerprint density at radius 2 is 2.17 bits per heavy atom. The van der Waals surface area contributed by atoms with Crippen LogP contribution in [0.3, 0.4) is 0 Å². The van der Waals surface area contributed by atoms with Crippen molar-refractivity contribution in [1.82, 2.24) is 4.90 Å². The first-order chi connectivity index (χ1) is 8.61. The van der Waals surface area contributed by atoms with E-state index in [2.05, 4.69) is 4.90 Å². The van der Waals surface area contributed by atoms with E-state index in [-0.39, 0.29) is 6.04 Å². The van der Waals surface area contributed by atoms with Gasteiger partial charge >= 0.3 is 0 Å². The zero-order valence-electron chi connectivity index (χ0n) is 10.7. The molecule has 1 saturated heterocycles. The summed E-state index contributed by atoms with van der Waals surface area (Å²) in [5.41, 5.74) is 6.54. The lowest BCUT2D eigenvalue weighted by Gasteiger charge is -2.36. The molecule has 2 N–H and O–H groups in total. The van der Waals surface area contributed by atoms with Crippen molar-refractivity contribution in [2.75, 3.05) is 19.6 Å². The summed E-state index contributed by atoms with van der Waals surface area (Å²) >= 11 is 0. The van der Waals surface area contributed by atoms with Gasteiger partial charge in [-0.1, -0.05) is 6.07 Å². The third-order valence-electron chi connectivity index (χ3n) is 3.86. The van der Waals surface area contributed by atoms with Gasteiger partial charge in [0.15, 0.2) is 11.6 Å². The van der Waals surface area contributed by atoms with Gasteiger partial charge in [-0.05, 0) is 56.5 Å². The van der Waals surface area contributed by atoms with Crippen LogP contribution in [0.25, 0.3) is 0 Å². The van der Waals surface area contributed by atoms with Crippen molar-refractivity contribution in [2.24, 2.45) is 11.7 Å². The van der Waals surface area contributed by atoms with E-state index >= 15 is 0 Å². The molecule has 0 amide bonds. The lowest BCUT2D eigenvalue weighted by atomic mass is 9.95. The van der Waals surface area contributed by atoms with Gasteiger partial charge in [0, 0.05) is 12.6 Å². The first-order valence-electron chi connectivity index (χ1n) is 6.51. The molecule has 0 radical (unpaired) electrons. The van der Waals surface area contributed by atoms with Crippen molar-refractivity contribution in [1.29, 1.82) is 0 Å². The third-order valence-corrected chi connectivity index (χ3v) is 3.86. The first kappa shape index (κ1) is 13.4. The minimum absolute atomic E-state index is 0.106. The maximum absolute atomic E-state index is 13.2. The molecule has 1 heterocycles. The highest BCUT2D eigenvalue weighted by Crippen LogP contribution is 2.27. The summed E-state index contributed by atoms with van der Waals surface area (Å²) in [6, 6.07) is 4.27. The van der Waals surface area contributed by atoms with Gasteiger partial charge in [-0.3, -0.25) is 4.90 Å². The Morgan fingerprint density at radius 1 is 1.39 bits per heavy atom. The van der Waals surface area contributed by atoms with Crippen LogP contribution in [0.1, 0.15) is 31.4 Å². The minimum Gasteiger partial charge on any atom is -0.330 e. The minimum atomic E-state index is -0.788. The molecule has 0 bridgehead atoms. The summed E-state index contributed by atoms with van der Waals surface area (Å²) in [6.07, 6.45) is 2.29. The van der Waals surface area contributed by atoms with Crippen LogP contribution >= 0.6 is 0 Å². The predicted molar refractivity (Wildman–Crippen MR) is 68.1 cm³/mol. The maximum Gasteiger partial charge on any atom is 0.159 e. The van der Waals surface area contributed by atoms with Crippen molar-refractivity contribution in [2.45, 2.75) is 25.8 Å². The Hall–Kier alpha value is -1.00. The molecular formula is C14H20F2N2. The van der Waals surface area contributed by atoms with Crippen LogP contribution < -0.4 is 5.73 Å². The fraction of sp³-hybridized carbons (Fsp3) is 0.571. The molecule has 1 aliphatic heterocycles. The molecule has 4 heteroatoms. The molecule has 2 rings (SSSR count). The van der Waals surface area contributed by atoms with Crippen LogP contribution in [0.2, 0.25) is 0 Å². The lowest BCUT2D eigenvalue weighted by molar-refractivity contribution is 0.134. The highest BCUT2D eigenvalue weighted by Gasteiger charge is 2.23. The predicted octanol–water partition coefficient (Wildman–Crippen LogP) is 2.70. The molecule has 100 valence electrons. The number of halogens is 2. The maximum atomic E-state index is 13.2. The number of hydrogen-bond acceptors (Lipinski definition) is 2. The SMILES string of the molecule is CC(c1ccc(F)c(F)c1)N1CCCC(CN)C1. The molecule has 1 aromatic rings. The fourth-order valence-corrected chi connectivity index (χ4v) is 2.62. The van der Waals surface area contributed by atoms with Crippen LogP contribution in [0.5, 0.6) is 0 Å². The standard InChI is InChI=1S/C14H20F2N2/c1-10(12-4-5-13(15)14(16)7-12)18-6-2-3-11(8-17)9-18/h4-5,7,10-11H,2-3,6,8-9,17H2,1H3. The smallest absolute Gasteiger partial charge is 0.159 e. The van der Waals surface area contributed by atoms with E-state index in [1.807, 2.05) is 6.92 Å². The summed E-state index contributed by atoms with van der Waals surface area (Å²) in [5, 5.41) is 0. The third kappa shape index (κ3) is 2.87. The van der Waals surface area contributed by atoms with Crippen LogP contribution in [-0.4, -0.2) is 24.5 Å². The van der Waals surface area contributed by atoms with Gasteiger partial charge in [0.2, 0.25) is 0 Å². The lowest BCUT2D eigenvalue weighted by Crippen LogP contribution is -2.39. The second-order valence-electron chi connectivity index (χ2n) is 5.09. The zero-order chi connectivity index (χ0) is 13.1. The monoisotopic (exact) mass is 254 g/mol. The van der Waals surface area contributed by atoms with Crippen molar-refractivity contribution in [3.63, 3.8) is 0 Å². The molecule has 18 heavy (non-hydrogen) atoms. The average Bonchev–Trinajstić information content (AvgIpc) is 2.41. The van der Waals surface area contributed by atoms with Crippen molar-refractivity contribution >= 4 is 0 Å². The van der Waals surface area contributed by atoms with Gasteiger partial charge in [-0.2, -0.15) is 0 Å². The topological polar surface area (TPSA) is 29.3 Å². The van der Waals surface area contributed by atoms with Crippen LogP contribution in [0.4, 0.5) is 8.78 Å². The van der Waals surface area contributed by atoms with Gasteiger partial charge in [0.1, 0.15) is 0 Å². The Balaban J connectivity index is 2.10. The van der Waals surface area contributed by atoms with E-state index in [0.29, 0.717) is 12.5 Å². The van der Waals surface area contributed by atoms with Crippen molar-refractivity contribution in [3.8, 4) is 0 Å². The molecular weight excluding hydrogens is 234 g/mol. The van der Waals surface area contributed by atoms with Crippen molar-refractivity contribution in [3.05, 3.63) is 35.4 Å². The first-order valence-corrected chi connectivity index (χ1v) is 6.51. The number of piperidine rings is 1. The van der Waals surface area contributed by atoms with Crippen LogP contribution in [-0.2, 0) is 0 Å². The fourth-order valence-electron chi connectivity index (χ4n) is 2.62. The Morgan fingerprint density at radius 3 is 2.83 bits per heavy atom. The molecule has 0 saturated carbocycles. The summed E-state index contributed by atoms with van der Waals surface area (Å²) in [6.45, 7) is 4.67. The second-order valence-corrected chi connectivity index (χ2v) is 5.09. The second kappa shape index (κ2) is 5.76. The Bertz CT molecular complexity index is 409. The molecule has 0 spiro atoms. The van der Waals surface area contributed by atoms with Gasteiger partial charge in [-0.25, -0.2) is 8.78 Å². The normalized spacial score (nSPS) is 23.0. The largest absolute Gasteiger partial charge is 0.330 e. The van der Waals surface area contributed by atoms with E-state index in [1.54, 1.807) is 6.07 Å². The summed E-state index contributed by atoms with van der Waals surface area (Å²) in [4.78, 5) is 2.30. The van der Waals surface area contributed by atoms with Crippen LogP contribution in [0, 0.1) is 17.6 Å². The highest BCUT2D eigenvalue weighted by atomic mass is 19.2. The molecule has 1 aromatic carbocycles. The number of nitrogens with two attached hydrogens (primary N) is 1. The number of rotatable bonds is 3. The number of nitrogens with zero attached hydrogens (tertiary/aromatic N) is 1. The summed E-state index contributed by atoms with van der Waals surface area (Å²) < 4.78 is 26.2. The molecule has 1 fully saturated rings. The molecule has 0 aromatic heterocycles. The van der Waals surface area contributed by atoms with E-state index in [9.17, 15) is 8.78 Å². The Kier molecular flexibility index (Phi) is 4.30. The van der Waals surface area contributed by atoms with Gasteiger partial charge in [0.05, 0.1) is 0 Å². The molecule has 2 nitrogen and oxygen atoms in total. The van der Waals surface area contributed by atoms with E-state index < -0.39 is 11.6 Å². The van der Waals surface area contributed by atoms with E-state index in [0.717, 1.165) is 31.5 Å². The average molecular weight is 254 g/mol. The highest BCUT2D eigenvalue weighted by molar-refractivity contribution is 5.21. The molecule has 2 atom stereocenters. The number of likely N-dealkylation sites (tertiary alicyclic amines) is 1. The molecule has 0 aliphatic carbocycles. The summed E-state index contributed by atoms with van der Waals surface area (Å²) in [7, 11) is 0. The van der Waals surface area contributed by atoms with Gasteiger partial charge in [-0.15, -0.1) is 0 Å². The molecule has 2 unspecified atom stereocenters. The Labute approximate surface area is 107 Å². The number of benzene rings is 1. The number of hydrogen-bond donors (Lipinski definition) is 1. The quantitative estimate of drug-likeness (QED) is 0.898. The zero-order valence-corrected chi connectivity index (χ0v) is 10.7. The molecule has 1 aliphatic rings. The summed E-state index contributed by atoms with van der Waals surface area (Å²) in [5.74, 6) is -1.04. The van der Waals surface area contributed by atoms with E-state index in [4.69, 9.17) is 5.73 Å². The van der Waals surface area contributed by atoms with Gasteiger partial charge < -0.3 is 5.73 Å². The van der Waals surface area contributed by atoms with Crippen molar-refractivity contribution < 1.29 is 8.78 Å². The van der Waals surface area contributed by atoms with E-state index in [1.165, 1.54) is 12.1 Å². The van der Waals surface area contributed by atoms with Crippen LogP contribution in [0.15, 0.2) is 18.2 Å².